The molecule has 2 aromatic carbocycles. The van der Waals surface area contributed by atoms with Crippen LogP contribution in [0.1, 0.15) is 35.3 Å². The number of rotatable bonds is 7. The second kappa shape index (κ2) is 9.39. The maximum atomic E-state index is 11.6. The molecule has 162 valence electrons. The van der Waals surface area contributed by atoms with Gasteiger partial charge in [-0.3, -0.25) is 14.6 Å². The van der Waals surface area contributed by atoms with Crippen molar-refractivity contribution in [2.75, 3.05) is 26.0 Å². The van der Waals surface area contributed by atoms with Crippen molar-refractivity contribution in [3.8, 4) is 0 Å². The standard InChI is InChI=1S/C23H30N2O4S/c1-17-12-24(14-19-6-10-22(11-7-19)30(3,28)29)13-18(2)25(17)15-20-4-8-21(9-5-20)23(27)16-26/h4-11,17-18,26H,12-16H2,1-3H3/t17-,18+. The Kier molecular flexibility index (Phi) is 7.08. The summed E-state index contributed by atoms with van der Waals surface area (Å²) in [6, 6.07) is 15.3. The van der Waals surface area contributed by atoms with Crippen LogP contribution in [0.25, 0.3) is 0 Å². The van der Waals surface area contributed by atoms with Crippen molar-refractivity contribution in [1.82, 2.24) is 9.80 Å². The van der Waals surface area contributed by atoms with Crippen LogP contribution in [0.4, 0.5) is 0 Å². The van der Waals surface area contributed by atoms with E-state index in [1.54, 1.807) is 24.3 Å². The molecule has 0 amide bonds. The van der Waals surface area contributed by atoms with Gasteiger partial charge in [0, 0.05) is 50.1 Å². The van der Waals surface area contributed by atoms with Gasteiger partial charge < -0.3 is 5.11 Å². The second-order valence-corrected chi connectivity index (χ2v) is 10.3. The molecule has 1 fully saturated rings. The van der Waals surface area contributed by atoms with Crippen LogP contribution in [-0.4, -0.2) is 67.1 Å². The Hall–Kier alpha value is -2.06. The largest absolute Gasteiger partial charge is 0.388 e. The minimum atomic E-state index is -3.17. The monoisotopic (exact) mass is 430 g/mol. The number of carbonyl (C=O) groups excluding carboxylic acids is 1. The molecule has 1 N–H and O–H groups in total. The molecule has 3 rings (SSSR count). The van der Waals surface area contributed by atoms with E-state index in [1.165, 1.54) is 6.26 Å². The van der Waals surface area contributed by atoms with Gasteiger partial charge >= 0.3 is 0 Å². The number of nitrogens with zero attached hydrogens (tertiary/aromatic N) is 2. The molecule has 1 aliphatic heterocycles. The van der Waals surface area contributed by atoms with Gasteiger partial charge in [-0.25, -0.2) is 8.42 Å². The molecule has 0 saturated carbocycles. The van der Waals surface area contributed by atoms with Crippen molar-refractivity contribution in [3.63, 3.8) is 0 Å². The van der Waals surface area contributed by atoms with Crippen LogP contribution in [0.2, 0.25) is 0 Å². The van der Waals surface area contributed by atoms with Gasteiger partial charge in [0.1, 0.15) is 6.61 Å². The number of aliphatic hydroxyl groups is 1. The number of piperazine rings is 1. The van der Waals surface area contributed by atoms with Crippen LogP contribution in [0.5, 0.6) is 0 Å². The lowest BCUT2D eigenvalue weighted by Gasteiger charge is -2.44. The first kappa shape index (κ1) is 22.6. The van der Waals surface area contributed by atoms with E-state index in [0.29, 0.717) is 22.5 Å². The Labute approximate surface area is 179 Å². The van der Waals surface area contributed by atoms with Crippen LogP contribution in [0.15, 0.2) is 53.4 Å². The van der Waals surface area contributed by atoms with Gasteiger partial charge in [-0.15, -0.1) is 0 Å². The Bertz CT molecular complexity index is 959. The lowest BCUT2D eigenvalue weighted by atomic mass is 10.0. The predicted octanol–water partition coefficient (Wildman–Crippen LogP) is 2.36. The maximum absolute atomic E-state index is 11.6. The van der Waals surface area contributed by atoms with Crippen molar-refractivity contribution in [1.29, 1.82) is 0 Å². The third kappa shape index (κ3) is 5.55. The molecule has 30 heavy (non-hydrogen) atoms. The zero-order chi connectivity index (χ0) is 21.9. The third-order valence-electron chi connectivity index (χ3n) is 5.72. The van der Waals surface area contributed by atoms with E-state index in [2.05, 4.69) is 23.6 Å². The highest BCUT2D eigenvalue weighted by Crippen LogP contribution is 2.21. The van der Waals surface area contributed by atoms with Gasteiger partial charge in [0.2, 0.25) is 0 Å². The Balaban J connectivity index is 1.60. The number of aliphatic hydroxyl groups excluding tert-OH is 1. The zero-order valence-electron chi connectivity index (χ0n) is 17.8. The minimum absolute atomic E-state index is 0.263. The third-order valence-corrected chi connectivity index (χ3v) is 6.85. The van der Waals surface area contributed by atoms with Gasteiger partial charge in [-0.05, 0) is 37.1 Å². The van der Waals surface area contributed by atoms with Crippen molar-refractivity contribution in [3.05, 3.63) is 65.2 Å². The van der Waals surface area contributed by atoms with Gasteiger partial charge in [-0.1, -0.05) is 36.4 Å². The number of carbonyl (C=O) groups is 1. The maximum Gasteiger partial charge on any atom is 0.188 e. The van der Waals surface area contributed by atoms with Crippen LogP contribution in [0.3, 0.4) is 0 Å². The molecule has 1 aliphatic rings. The quantitative estimate of drug-likeness (QED) is 0.680. The number of benzene rings is 2. The zero-order valence-corrected chi connectivity index (χ0v) is 18.6. The second-order valence-electron chi connectivity index (χ2n) is 8.26. The Morgan fingerprint density at radius 2 is 1.43 bits per heavy atom. The molecule has 0 aliphatic carbocycles. The fraction of sp³-hybridized carbons (Fsp3) is 0.435. The molecule has 0 spiro atoms. The van der Waals surface area contributed by atoms with Crippen LogP contribution in [-0.2, 0) is 22.9 Å². The van der Waals surface area contributed by atoms with Gasteiger partial charge in [-0.2, -0.15) is 0 Å². The predicted molar refractivity (Wildman–Crippen MR) is 117 cm³/mol. The first-order valence-corrected chi connectivity index (χ1v) is 12.1. The van der Waals surface area contributed by atoms with Gasteiger partial charge in [0.15, 0.2) is 15.6 Å². The summed E-state index contributed by atoms with van der Waals surface area (Å²) in [6.07, 6.45) is 1.22. The summed E-state index contributed by atoms with van der Waals surface area (Å²) >= 11 is 0. The highest BCUT2D eigenvalue weighted by molar-refractivity contribution is 7.90. The first-order chi connectivity index (χ1) is 14.2. The van der Waals surface area contributed by atoms with E-state index in [1.807, 2.05) is 24.3 Å². The summed E-state index contributed by atoms with van der Waals surface area (Å²) in [6.45, 7) is 7.44. The molecule has 0 unspecified atom stereocenters. The van der Waals surface area contributed by atoms with E-state index < -0.39 is 16.4 Å². The highest BCUT2D eigenvalue weighted by atomic mass is 32.2. The Morgan fingerprint density at radius 3 is 1.93 bits per heavy atom. The fourth-order valence-corrected chi connectivity index (χ4v) is 4.74. The molecule has 1 heterocycles. The molecule has 2 aromatic rings. The van der Waals surface area contributed by atoms with Crippen LogP contribution < -0.4 is 0 Å². The number of sulfone groups is 1. The molecule has 0 radical (unpaired) electrons. The molecule has 6 nitrogen and oxygen atoms in total. The van der Waals surface area contributed by atoms with Crippen LogP contribution in [0, 0.1) is 0 Å². The molecular formula is C23H30N2O4S. The number of hydrogen-bond acceptors (Lipinski definition) is 6. The molecule has 1 saturated heterocycles. The lowest BCUT2D eigenvalue weighted by molar-refractivity contribution is 0.0290. The average Bonchev–Trinajstić information content (AvgIpc) is 2.70. The van der Waals surface area contributed by atoms with E-state index in [-0.39, 0.29) is 5.78 Å². The van der Waals surface area contributed by atoms with Crippen molar-refractivity contribution in [2.24, 2.45) is 0 Å². The number of Topliss-reactive ketones (excluding diaryl/α,β-unsaturated/α-hetero) is 1. The Morgan fingerprint density at radius 1 is 0.933 bits per heavy atom. The molecule has 2 atom stereocenters. The summed E-state index contributed by atoms with van der Waals surface area (Å²) in [5.41, 5.74) is 2.79. The van der Waals surface area contributed by atoms with E-state index in [9.17, 15) is 13.2 Å². The first-order valence-electron chi connectivity index (χ1n) is 10.2. The molecule has 0 bridgehead atoms. The summed E-state index contributed by atoms with van der Waals surface area (Å²) < 4.78 is 23.3. The summed E-state index contributed by atoms with van der Waals surface area (Å²) in [5.74, 6) is -0.263. The van der Waals surface area contributed by atoms with Crippen molar-refractivity contribution >= 4 is 15.6 Å². The number of hydrogen-bond donors (Lipinski definition) is 1. The SMILES string of the molecule is C[C@@H]1CN(Cc2ccc(S(C)(=O)=O)cc2)C[C@H](C)N1Cc1ccc(C(=O)CO)cc1. The normalized spacial score (nSPS) is 20.9. The summed E-state index contributed by atoms with van der Waals surface area (Å²) in [7, 11) is -3.17. The molecular weight excluding hydrogens is 400 g/mol. The smallest absolute Gasteiger partial charge is 0.188 e. The van der Waals surface area contributed by atoms with Crippen LogP contribution >= 0.6 is 0 Å². The summed E-state index contributed by atoms with van der Waals surface area (Å²) in [5, 5.41) is 8.98. The highest BCUT2D eigenvalue weighted by Gasteiger charge is 2.29. The minimum Gasteiger partial charge on any atom is -0.388 e. The van der Waals surface area contributed by atoms with Crippen molar-refractivity contribution < 1.29 is 18.3 Å². The average molecular weight is 431 g/mol. The molecule has 0 aromatic heterocycles. The van der Waals surface area contributed by atoms with E-state index in [4.69, 9.17) is 5.11 Å². The van der Waals surface area contributed by atoms with E-state index in [0.717, 1.165) is 37.3 Å². The van der Waals surface area contributed by atoms with Gasteiger partial charge in [0.05, 0.1) is 4.90 Å². The summed E-state index contributed by atoms with van der Waals surface area (Å²) in [4.78, 5) is 16.8. The van der Waals surface area contributed by atoms with Crippen molar-refractivity contribution in [2.45, 2.75) is 43.9 Å². The van der Waals surface area contributed by atoms with E-state index >= 15 is 0 Å². The topological polar surface area (TPSA) is 77.9 Å². The van der Waals surface area contributed by atoms with Gasteiger partial charge in [0.25, 0.3) is 0 Å². The lowest BCUT2D eigenvalue weighted by Crippen LogP contribution is -2.55. The fourth-order valence-electron chi connectivity index (χ4n) is 4.11. The number of ketones is 1. The molecule has 7 heteroatoms.